The van der Waals surface area contributed by atoms with Gasteiger partial charge in [-0.05, 0) is 37.1 Å². The van der Waals surface area contributed by atoms with Gasteiger partial charge in [-0.15, -0.1) is 0 Å². The van der Waals surface area contributed by atoms with Crippen LogP contribution in [0.25, 0.3) is 0 Å². The van der Waals surface area contributed by atoms with Crippen molar-refractivity contribution in [3.63, 3.8) is 0 Å². The number of amides is 1. The lowest BCUT2D eigenvalue weighted by molar-refractivity contribution is 0.142. The number of nitriles is 1. The first-order chi connectivity index (χ1) is 8.70. The molecule has 0 aromatic heterocycles. The Hall–Kier alpha value is -2.22. The number of nitrogens with one attached hydrogen (secondary N) is 1. The van der Waals surface area contributed by atoms with E-state index >= 15 is 0 Å². The predicted molar refractivity (Wildman–Crippen MR) is 67.4 cm³/mol. The second kappa shape index (κ2) is 5.41. The minimum Gasteiger partial charge on any atom is -0.465 e. The normalized spacial score (nSPS) is 18.4. The lowest BCUT2D eigenvalue weighted by Gasteiger charge is -2.22. The number of carboxylic acid groups (broad SMARTS) is 1. The first-order valence-corrected chi connectivity index (χ1v) is 5.94. The molecule has 1 atom stereocenters. The fraction of sp³-hybridized carbons (Fsp3) is 0.385. The Balaban J connectivity index is 1.91. The highest BCUT2D eigenvalue weighted by Gasteiger charge is 2.27. The molecule has 18 heavy (non-hydrogen) atoms. The fourth-order valence-corrected chi connectivity index (χ4v) is 2.20. The summed E-state index contributed by atoms with van der Waals surface area (Å²) in [4.78, 5) is 12.5. The highest BCUT2D eigenvalue weighted by Crippen LogP contribution is 2.18. The smallest absolute Gasteiger partial charge is 0.407 e. The topological polar surface area (TPSA) is 76.4 Å². The fourth-order valence-electron chi connectivity index (χ4n) is 2.20. The standard InChI is InChI=1S/C13H15N3O2/c14-8-10-3-5-11(6-4-10)15-9-12-2-1-7-16(12)13(17)18/h3-6,12,15H,1-2,7,9H2,(H,17,18). The van der Waals surface area contributed by atoms with E-state index in [4.69, 9.17) is 10.4 Å². The van der Waals surface area contributed by atoms with Gasteiger partial charge in [-0.3, -0.25) is 0 Å². The summed E-state index contributed by atoms with van der Waals surface area (Å²) < 4.78 is 0. The second-order valence-corrected chi connectivity index (χ2v) is 4.34. The molecule has 1 aliphatic rings. The zero-order valence-electron chi connectivity index (χ0n) is 9.97. The molecule has 5 nitrogen and oxygen atoms in total. The van der Waals surface area contributed by atoms with Crippen LogP contribution in [-0.4, -0.2) is 35.2 Å². The van der Waals surface area contributed by atoms with Crippen LogP contribution in [0.3, 0.4) is 0 Å². The molecule has 1 unspecified atom stereocenters. The maximum atomic E-state index is 11.0. The Labute approximate surface area is 106 Å². The van der Waals surface area contributed by atoms with Crippen molar-refractivity contribution in [2.24, 2.45) is 0 Å². The molecule has 2 N–H and O–H groups in total. The van der Waals surface area contributed by atoms with Crippen LogP contribution in [-0.2, 0) is 0 Å². The second-order valence-electron chi connectivity index (χ2n) is 4.34. The van der Waals surface area contributed by atoms with Gasteiger partial charge >= 0.3 is 6.09 Å². The molecule has 0 saturated carbocycles. The minimum absolute atomic E-state index is 0.0399. The number of likely N-dealkylation sites (tertiary alicyclic amines) is 1. The van der Waals surface area contributed by atoms with Crippen molar-refractivity contribution in [3.05, 3.63) is 29.8 Å². The molecule has 0 bridgehead atoms. The summed E-state index contributed by atoms with van der Waals surface area (Å²) in [6.45, 7) is 1.23. The molecule has 2 rings (SSSR count). The van der Waals surface area contributed by atoms with E-state index in [0.29, 0.717) is 18.7 Å². The van der Waals surface area contributed by atoms with Crippen LogP contribution in [0.2, 0.25) is 0 Å². The van der Waals surface area contributed by atoms with Gasteiger partial charge < -0.3 is 15.3 Å². The average molecular weight is 245 g/mol. The summed E-state index contributed by atoms with van der Waals surface area (Å²) in [5.41, 5.74) is 1.53. The lowest BCUT2D eigenvalue weighted by atomic mass is 10.2. The van der Waals surface area contributed by atoms with E-state index in [-0.39, 0.29) is 6.04 Å². The third-order valence-electron chi connectivity index (χ3n) is 3.18. The molecule has 1 saturated heterocycles. The molecule has 1 aliphatic heterocycles. The first-order valence-electron chi connectivity index (χ1n) is 5.94. The van der Waals surface area contributed by atoms with Crippen LogP contribution in [0.4, 0.5) is 10.5 Å². The molecular formula is C13H15N3O2. The molecule has 0 aliphatic carbocycles. The Morgan fingerprint density at radius 1 is 1.50 bits per heavy atom. The van der Waals surface area contributed by atoms with Crippen molar-refractivity contribution in [3.8, 4) is 6.07 Å². The molecule has 0 radical (unpaired) electrons. The minimum atomic E-state index is -0.848. The highest BCUT2D eigenvalue weighted by atomic mass is 16.4. The number of rotatable bonds is 3. The van der Waals surface area contributed by atoms with Gasteiger partial charge in [0.1, 0.15) is 0 Å². The number of hydrogen-bond acceptors (Lipinski definition) is 3. The zero-order chi connectivity index (χ0) is 13.0. The molecule has 1 amide bonds. The number of benzene rings is 1. The van der Waals surface area contributed by atoms with Crippen molar-refractivity contribution in [1.29, 1.82) is 5.26 Å². The predicted octanol–water partition coefficient (Wildman–Crippen LogP) is 2.11. The quantitative estimate of drug-likeness (QED) is 0.855. The van der Waals surface area contributed by atoms with Gasteiger partial charge in [0.05, 0.1) is 17.7 Å². The van der Waals surface area contributed by atoms with E-state index in [2.05, 4.69) is 11.4 Å². The molecule has 5 heteroatoms. The average Bonchev–Trinajstić information content (AvgIpc) is 2.85. The van der Waals surface area contributed by atoms with Crippen LogP contribution >= 0.6 is 0 Å². The lowest BCUT2D eigenvalue weighted by Crippen LogP contribution is -2.38. The SMILES string of the molecule is N#Cc1ccc(NCC2CCCN2C(=O)O)cc1. The van der Waals surface area contributed by atoms with E-state index in [9.17, 15) is 4.79 Å². The summed E-state index contributed by atoms with van der Waals surface area (Å²) in [7, 11) is 0. The van der Waals surface area contributed by atoms with Crippen molar-refractivity contribution < 1.29 is 9.90 Å². The van der Waals surface area contributed by atoms with Crippen LogP contribution in [0.5, 0.6) is 0 Å². The summed E-state index contributed by atoms with van der Waals surface area (Å²) in [6, 6.07) is 9.25. The van der Waals surface area contributed by atoms with E-state index in [1.807, 2.05) is 12.1 Å². The summed E-state index contributed by atoms with van der Waals surface area (Å²) in [5.74, 6) is 0. The van der Waals surface area contributed by atoms with Crippen molar-refractivity contribution >= 4 is 11.8 Å². The Kier molecular flexibility index (Phi) is 3.68. The molecular weight excluding hydrogens is 230 g/mol. The number of nitrogens with zero attached hydrogens (tertiary/aromatic N) is 2. The summed E-state index contributed by atoms with van der Waals surface area (Å²) in [6.07, 6.45) is 0.973. The van der Waals surface area contributed by atoms with E-state index in [1.165, 1.54) is 4.90 Å². The van der Waals surface area contributed by atoms with Crippen molar-refractivity contribution in [2.75, 3.05) is 18.4 Å². The Morgan fingerprint density at radius 3 is 2.83 bits per heavy atom. The summed E-state index contributed by atoms with van der Waals surface area (Å²) >= 11 is 0. The number of carbonyl (C=O) groups is 1. The largest absolute Gasteiger partial charge is 0.465 e. The van der Waals surface area contributed by atoms with Gasteiger partial charge in [-0.25, -0.2) is 4.79 Å². The number of hydrogen-bond donors (Lipinski definition) is 2. The molecule has 0 spiro atoms. The van der Waals surface area contributed by atoms with Crippen LogP contribution in [0.15, 0.2) is 24.3 Å². The third kappa shape index (κ3) is 2.72. The monoisotopic (exact) mass is 245 g/mol. The highest BCUT2D eigenvalue weighted by molar-refractivity contribution is 5.66. The van der Waals surface area contributed by atoms with E-state index < -0.39 is 6.09 Å². The van der Waals surface area contributed by atoms with Gasteiger partial charge in [0.15, 0.2) is 0 Å². The van der Waals surface area contributed by atoms with E-state index in [1.54, 1.807) is 12.1 Å². The van der Waals surface area contributed by atoms with Gasteiger partial charge in [0.2, 0.25) is 0 Å². The number of anilines is 1. The van der Waals surface area contributed by atoms with Crippen molar-refractivity contribution in [1.82, 2.24) is 4.90 Å². The van der Waals surface area contributed by atoms with Crippen molar-refractivity contribution in [2.45, 2.75) is 18.9 Å². The molecule has 1 aromatic rings. The Morgan fingerprint density at radius 2 is 2.22 bits per heavy atom. The first kappa shape index (κ1) is 12.2. The van der Waals surface area contributed by atoms with Gasteiger partial charge in [0.25, 0.3) is 0 Å². The maximum Gasteiger partial charge on any atom is 0.407 e. The molecule has 94 valence electrons. The van der Waals surface area contributed by atoms with Gasteiger partial charge in [0, 0.05) is 18.8 Å². The zero-order valence-corrected chi connectivity index (χ0v) is 9.97. The van der Waals surface area contributed by atoms with Gasteiger partial charge in [-0.2, -0.15) is 5.26 Å². The van der Waals surface area contributed by atoms with Crippen LogP contribution in [0.1, 0.15) is 18.4 Å². The van der Waals surface area contributed by atoms with Crippen LogP contribution in [0, 0.1) is 11.3 Å². The third-order valence-corrected chi connectivity index (χ3v) is 3.18. The van der Waals surface area contributed by atoms with Gasteiger partial charge in [-0.1, -0.05) is 0 Å². The Bertz CT molecular complexity index is 464. The molecule has 1 aromatic carbocycles. The molecule has 1 heterocycles. The maximum absolute atomic E-state index is 11.0. The molecule has 1 fully saturated rings. The van der Waals surface area contributed by atoms with E-state index in [0.717, 1.165) is 18.5 Å². The van der Waals surface area contributed by atoms with Crippen LogP contribution < -0.4 is 5.32 Å². The summed E-state index contributed by atoms with van der Waals surface area (Å²) in [5, 5.41) is 20.9.